The number of halogens is 2. The van der Waals surface area contributed by atoms with Gasteiger partial charge in [0.1, 0.15) is 0 Å². The lowest BCUT2D eigenvalue weighted by molar-refractivity contribution is -0.142. The molecule has 1 aromatic rings. The molecule has 102 valence electrons. The summed E-state index contributed by atoms with van der Waals surface area (Å²) in [6.07, 6.45) is 2.60. The largest absolute Gasteiger partial charge is 0.480 e. The van der Waals surface area contributed by atoms with Crippen LogP contribution in [0.5, 0.6) is 0 Å². The highest BCUT2D eigenvalue weighted by Gasteiger charge is 2.16. The van der Waals surface area contributed by atoms with Crippen LogP contribution >= 0.6 is 23.2 Å². The molecular weight excluding hydrogens is 293 g/mol. The van der Waals surface area contributed by atoms with Gasteiger partial charge in [-0.25, -0.2) is 4.79 Å². The van der Waals surface area contributed by atoms with E-state index in [0.717, 1.165) is 6.08 Å². The molecule has 0 aliphatic carbocycles. The van der Waals surface area contributed by atoms with Crippen LogP contribution in [0.4, 0.5) is 0 Å². The Balaban J connectivity index is 2.68. The van der Waals surface area contributed by atoms with E-state index in [1.54, 1.807) is 18.2 Å². The van der Waals surface area contributed by atoms with Crippen LogP contribution in [0.1, 0.15) is 5.56 Å². The Morgan fingerprint density at radius 3 is 2.53 bits per heavy atom. The molecule has 0 heterocycles. The smallest absolute Gasteiger partial charge is 0.328 e. The highest BCUT2D eigenvalue weighted by molar-refractivity contribution is 6.42. The predicted molar refractivity (Wildman–Crippen MR) is 72.1 cm³/mol. The number of carbonyl (C=O) groups excluding carboxylic acids is 1. The fraction of sp³-hybridized carbons (Fsp3) is 0.167. The normalized spacial score (nSPS) is 12.4. The van der Waals surface area contributed by atoms with Gasteiger partial charge in [0.05, 0.1) is 16.7 Å². The van der Waals surface area contributed by atoms with Crippen molar-refractivity contribution in [2.24, 2.45) is 0 Å². The molecule has 1 rings (SSSR count). The molecular formula is C12H11Cl2NO4. The first-order valence-corrected chi connectivity index (χ1v) is 5.97. The molecule has 0 aliphatic heterocycles. The highest BCUT2D eigenvalue weighted by Crippen LogP contribution is 2.22. The number of carboxylic acids is 1. The van der Waals surface area contributed by atoms with E-state index in [0.29, 0.717) is 15.6 Å². The van der Waals surface area contributed by atoms with E-state index in [9.17, 15) is 9.59 Å². The van der Waals surface area contributed by atoms with Crippen LogP contribution in [0.15, 0.2) is 24.3 Å². The van der Waals surface area contributed by atoms with Crippen molar-refractivity contribution in [1.29, 1.82) is 0 Å². The van der Waals surface area contributed by atoms with Crippen molar-refractivity contribution >= 4 is 41.2 Å². The zero-order valence-electron chi connectivity index (χ0n) is 9.64. The second-order valence-corrected chi connectivity index (χ2v) is 4.40. The van der Waals surface area contributed by atoms with Crippen LogP contribution in [0, 0.1) is 0 Å². The molecule has 19 heavy (non-hydrogen) atoms. The van der Waals surface area contributed by atoms with Crippen molar-refractivity contribution in [3.05, 3.63) is 39.9 Å². The van der Waals surface area contributed by atoms with Crippen LogP contribution < -0.4 is 5.32 Å². The molecule has 0 radical (unpaired) electrons. The molecule has 0 aromatic heterocycles. The van der Waals surface area contributed by atoms with E-state index in [1.165, 1.54) is 6.08 Å². The zero-order chi connectivity index (χ0) is 14.4. The summed E-state index contributed by atoms with van der Waals surface area (Å²) in [6, 6.07) is 3.47. The van der Waals surface area contributed by atoms with Crippen molar-refractivity contribution in [3.63, 3.8) is 0 Å². The molecule has 1 amide bonds. The number of hydrogen-bond donors (Lipinski definition) is 3. The number of hydrogen-bond acceptors (Lipinski definition) is 3. The number of rotatable bonds is 5. The first-order chi connectivity index (χ1) is 8.93. The third-order valence-electron chi connectivity index (χ3n) is 2.17. The highest BCUT2D eigenvalue weighted by atomic mass is 35.5. The molecule has 1 atom stereocenters. The van der Waals surface area contributed by atoms with Crippen molar-refractivity contribution in [2.45, 2.75) is 6.04 Å². The van der Waals surface area contributed by atoms with Crippen molar-refractivity contribution in [1.82, 2.24) is 5.32 Å². The summed E-state index contributed by atoms with van der Waals surface area (Å²) in [5.41, 5.74) is 0.639. The molecule has 0 saturated carbocycles. The minimum atomic E-state index is -1.33. The lowest BCUT2D eigenvalue weighted by Gasteiger charge is -2.09. The van der Waals surface area contributed by atoms with Crippen LogP contribution in [-0.4, -0.2) is 34.7 Å². The third kappa shape index (κ3) is 4.90. The van der Waals surface area contributed by atoms with Gasteiger partial charge in [-0.1, -0.05) is 29.3 Å². The molecule has 0 spiro atoms. The van der Waals surface area contributed by atoms with E-state index >= 15 is 0 Å². The Morgan fingerprint density at radius 1 is 1.32 bits per heavy atom. The first-order valence-electron chi connectivity index (χ1n) is 5.21. The minimum absolute atomic E-state index is 0.350. The number of carbonyl (C=O) groups is 2. The summed E-state index contributed by atoms with van der Waals surface area (Å²) >= 11 is 11.5. The van der Waals surface area contributed by atoms with Crippen LogP contribution in [0.25, 0.3) is 6.08 Å². The Hall–Kier alpha value is -1.56. The topological polar surface area (TPSA) is 86.6 Å². The van der Waals surface area contributed by atoms with Crippen LogP contribution in [-0.2, 0) is 9.59 Å². The Bertz CT molecular complexity index is 516. The summed E-state index contributed by atoms with van der Waals surface area (Å²) in [4.78, 5) is 22.0. The van der Waals surface area contributed by atoms with Gasteiger partial charge in [-0.15, -0.1) is 0 Å². The van der Waals surface area contributed by atoms with Gasteiger partial charge >= 0.3 is 5.97 Å². The van der Waals surface area contributed by atoms with E-state index in [-0.39, 0.29) is 0 Å². The average molecular weight is 304 g/mol. The fourth-order valence-corrected chi connectivity index (χ4v) is 1.50. The Kier molecular flexibility index (Phi) is 5.82. The first kappa shape index (κ1) is 15.5. The van der Waals surface area contributed by atoms with Gasteiger partial charge < -0.3 is 15.5 Å². The quantitative estimate of drug-likeness (QED) is 0.721. The maximum Gasteiger partial charge on any atom is 0.328 e. The molecule has 1 aromatic carbocycles. The molecule has 0 unspecified atom stereocenters. The van der Waals surface area contributed by atoms with E-state index < -0.39 is 24.5 Å². The minimum Gasteiger partial charge on any atom is -0.480 e. The Morgan fingerprint density at radius 2 is 2.00 bits per heavy atom. The van der Waals surface area contributed by atoms with E-state index in [1.807, 2.05) is 0 Å². The number of carboxylic acid groups (broad SMARTS) is 1. The van der Waals surface area contributed by atoms with Gasteiger partial charge in [0.25, 0.3) is 0 Å². The lowest BCUT2D eigenvalue weighted by atomic mass is 10.2. The standard InChI is InChI=1S/C12H11Cl2NO4/c13-8-3-1-7(5-9(8)14)2-4-11(17)15-10(6-16)12(18)19/h1-5,10,16H,6H2,(H,15,17)(H,18,19)/b4-2+/t10-/m1/s1. The maximum absolute atomic E-state index is 11.4. The summed E-state index contributed by atoms with van der Waals surface area (Å²) < 4.78 is 0. The van der Waals surface area contributed by atoms with Gasteiger partial charge in [0.15, 0.2) is 6.04 Å². The Labute approximate surface area is 119 Å². The van der Waals surface area contributed by atoms with Gasteiger partial charge in [-0.2, -0.15) is 0 Å². The van der Waals surface area contributed by atoms with Crippen molar-refractivity contribution in [2.75, 3.05) is 6.61 Å². The SMILES string of the molecule is O=C(/C=C/c1ccc(Cl)c(Cl)c1)N[C@H](CO)C(=O)O. The second kappa shape index (κ2) is 7.13. The molecule has 3 N–H and O–H groups in total. The summed E-state index contributed by atoms with van der Waals surface area (Å²) in [5.74, 6) is -1.94. The van der Waals surface area contributed by atoms with Gasteiger partial charge in [-0.3, -0.25) is 4.79 Å². The van der Waals surface area contributed by atoms with Gasteiger partial charge in [-0.05, 0) is 23.8 Å². The van der Waals surface area contributed by atoms with E-state index in [4.69, 9.17) is 33.4 Å². The summed E-state index contributed by atoms with van der Waals surface area (Å²) in [6.45, 7) is -0.679. The number of aliphatic hydroxyl groups is 1. The van der Waals surface area contributed by atoms with Crippen molar-refractivity contribution < 1.29 is 19.8 Å². The number of nitrogens with one attached hydrogen (secondary N) is 1. The van der Waals surface area contributed by atoms with Crippen molar-refractivity contribution in [3.8, 4) is 0 Å². The summed E-state index contributed by atoms with van der Waals surface area (Å²) in [7, 11) is 0. The van der Waals surface area contributed by atoms with Gasteiger partial charge in [0, 0.05) is 6.08 Å². The van der Waals surface area contributed by atoms with Crippen LogP contribution in [0.3, 0.4) is 0 Å². The van der Waals surface area contributed by atoms with E-state index in [2.05, 4.69) is 5.32 Å². The lowest BCUT2D eigenvalue weighted by Crippen LogP contribution is -2.42. The predicted octanol–water partition coefficient (Wildman–Crippen LogP) is 1.57. The maximum atomic E-state index is 11.4. The summed E-state index contributed by atoms with van der Waals surface area (Å²) in [5, 5.41) is 20.3. The average Bonchev–Trinajstić information content (AvgIpc) is 2.37. The monoisotopic (exact) mass is 303 g/mol. The van der Waals surface area contributed by atoms with Gasteiger partial charge in [0.2, 0.25) is 5.91 Å². The number of aliphatic carboxylic acids is 1. The molecule has 7 heteroatoms. The molecule has 5 nitrogen and oxygen atoms in total. The molecule has 0 bridgehead atoms. The third-order valence-corrected chi connectivity index (χ3v) is 2.91. The fourth-order valence-electron chi connectivity index (χ4n) is 1.19. The number of aliphatic hydroxyl groups excluding tert-OH is 1. The molecule has 0 saturated heterocycles. The zero-order valence-corrected chi connectivity index (χ0v) is 11.1. The number of amides is 1. The number of benzene rings is 1. The second-order valence-electron chi connectivity index (χ2n) is 3.59. The van der Waals surface area contributed by atoms with Crippen LogP contribution in [0.2, 0.25) is 10.0 Å². The molecule has 0 fully saturated rings. The molecule has 0 aliphatic rings.